The molecule has 0 unspecified atom stereocenters. The molecule has 3 nitrogen and oxygen atoms in total. The number of aryl methyl sites for hydroxylation is 2. The van der Waals surface area contributed by atoms with Gasteiger partial charge in [0.1, 0.15) is 5.82 Å². The lowest BCUT2D eigenvalue weighted by atomic mass is 10.4. The maximum Gasteiger partial charge on any atom is 0.152 e. The van der Waals surface area contributed by atoms with Gasteiger partial charge in [-0.2, -0.15) is 0 Å². The van der Waals surface area contributed by atoms with Crippen molar-refractivity contribution in [2.45, 2.75) is 13.8 Å². The molecule has 0 aliphatic rings. The van der Waals surface area contributed by atoms with Crippen molar-refractivity contribution < 1.29 is 0 Å². The Labute approximate surface area is 90.1 Å². The fraction of sp³-hybridized carbons (Fsp3) is 0.222. The van der Waals surface area contributed by atoms with Crippen molar-refractivity contribution in [1.29, 1.82) is 0 Å². The molecule has 0 radical (unpaired) electrons. The first-order valence-corrected chi connectivity index (χ1v) is 5.09. The highest BCUT2D eigenvalue weighted by atomic mass is 127. The van der Waals surface area contributed by atoms with Gasteiger partial charge in [-0.15, -0.1) is 0 Å². The summed E-state index contributed by atoms with van der Waals surface area (Å²) in [5, 5.41) is 0. The molecule has 13 heavy (non-hydrogen) atoms. The highest BCUT2D eigenvalue weighted by Gasteiger charge is 2.08. The van der Waals surface area contributed by atoms with Crippen LogP contribution in [0.1, 0.15) is 11.4 Å². The molecule has 68 valence electrons. The van der Waals surface area contributed by atoms with Crippen molar-refractivity contribution in [3.63, 3.8) is 0 Å². The number of anilines is 1. The molecular formula is C9H10IN3. The van der Waals surface area contributed by atoms with Crippen molar-refractivity contribution >= 4 is 34.1 Å². The molecule has 0 aromatic carbocycles. The Morgan fingerprint density at radius 2 is 2.08 bits per heavy atom. The van der Waals surface area contributed by atoms with Crippen LogP contribution in [0.3, 0.4) is 0 Å². The minimum Gasteiger partial charge on any atom is -0.383 e. The molecule has 0 saturated carbocycles. The topological polar surface area (TPSA) is 43.3 Å². The second kappa shape index (κ2) is 2.87. The minimum atomic E-state index is 0.742. The molecular weight excluding hydrogens is 277 g/mol. The summed E-state index contributed by atoms with van der Waals surface area (Å²) in [5.41, 5.74) is 8.87. The van der Waals surface area contributed by atoms with Crippen molar-refractivity contribution in [3.8, 4) is 0 Å². The molecule has 2 aromatic rings. The summed E-state index contributed by atoms with van der Waals surface area (Å²) in [7, 11) is 0. The summed E-state index contributed by atoms with van der Waals surface area (Å²) in [4.78, 5) is 4.40. The van der Waals surface area contributed by atoms with Crippen molar-refractivity contribution in [2.24, 2.45) is 0 Å². The van der Waals surface area contributed by atoms with Crippen molar-refractivity contribution in [3.05, 3.63) is 27.1 Å². The normalized spacial score (nSPS) is 11.0. The Morgan fingerprint density at radius 3 is 2.69 bits per heavy atom. The van der Waals surface area contributed by atoms with Crippen LogP contribution in [0, 0.1) is 17.4 Å². The first kappa shape index (κ1) is 8.80. The van der Waals surface area contributed by atoms with E-state index >= 15 is 0 Å². The van der Waals surface area contributed by atoms with Crippen LogP contribution in [0.25, 0.3) is 5.65 Å². The first-order valence-electron chi connectivity index (χ1n) is 4.01. The summed E-state index contributed by atoms with van der Waals surface area (Å²) in [6.45, 7) is 3.96. The maximum atomic E-state index is 5.91. The predicted octanol–water partition coefficient (Wildman–Crippen LogP) is 2.14. The highest BCUT2D eigenvalue weighted by molar-refractivity contribution is 14.1. The van der Waals surface area contributed by atoms with E-state index in [4.69, 9.17) is 5.73 Å². The van der Waals surface area contributed by atoms with Crippen LogP contribution in [-0.2, 0) is 0 Å². The molecule has 0 aliphatic carbocycles. The zero-order chi connectivity index (χ0) is 9.59. The van der Waals surface area contributed by atoms with E-state index in [0.29, 0.717) is 0 Å². The van der Waals surface area contributed by atoms with E-state index in [1.165, 1.54) is 0 Å². The number of hydrogen-bond acceptors (Lipinski definition) is 2. The third kappa shape index (κ3) is 1.20. The number of fused-ring (bicyclic) bond motifs is 1. The third-order valence-corrected chi connectivity index (χ3v) is 2.98. The molecule has 4 heteroatoms. The molecule has 0 amide bonds. The Hall–Kier alpha value is -0.780. The predicted molar refractivity (Wildman–Crippen MR) is 61.8 cm³/mol. The number of nitrogen functional groups attached to an aromatic ring is 1. The number of hydrogen-bond donors (Lipinski definition) is 1. The fourth-order valence-electron chi connectivity index (χ4n) is 1.40. The summed E-state index contributed by atoms with van der Waals surface area (Å²) < 4.78 is 3.11. The largest absolute Gasteiger partial charge is 0.383 e. The van der Waals surface area contributed by atoms with Crippen LogP contribution in [0.15, 0.2) is 12.1 Å². The Morgan fingerprint density at radius 1 is 1.38 bits per heavy atom. The maximum absolute atomic E-state index is 5.91. The van der Waals surface area contributed by atoms with Crippen molar-refractivity contribution in [2.75, 3.05) is 5.73 Å². The standard InChI is InChI=1S/C9H10IN3/c1-5-3-4-7(10)9-12-6(2)8(11)13(5)9/h3-4H,11H2,1-2H3. The second-order valence-corrected chi connectivity index (χ2v) is 4.23. The molecule has 0 atom stereocenters. The Kier molecular flexibility index (Phi) is 1.94. The van der Waals surface area contributed by atoms with Gasteiger partial charge in [-0.25, -0.2) is 4.98 Å². The van der Waals surface area contributed by atoms with Gasteiger partial charge in [0, 0.05) is 5.69 Å². The average molecular weight is 287 g/mol. The van der Waals surface area contributed by atoms with E-state index in [2.05, 4.69) is 33.6 Å². The fourth-order valence-corrected chi connectivity index (χ4v) is 1.94. The van der Waals surface area contributed by atoms with Crippen LogP contribution in [0.2, 0.25) is 0 Å². The Balaban J connectivity index is 3.00. The first-order chi connectivity index (χ1) is 6.11. The monoisotopic (exact) mass is 287 g/mol. The van der Waals surface area contributed by atoms with Crippen LogP contribution < -0.4 is 5.73 Å². The SMILES string of the molecule is Cc1nc2c(I)ccc(C)n2c1N. The zero-order valence-corrected chi connectivity index (χ0v) is 9.66. The Bertz CT molecular complexity index is 473. The number of aromatic nitrogens is 2. The van der Waals surface area contributed by atoms with Crippen LogP contribution in [0.5, 0.6) is 0 Å². The number of pyridine rings is 1. The minimum absolute atomic E-state index is 0.742. The van der Waals surface area contributed by atoms with Gasteiger partial charge in [0.25, 0.3) is 0 Å². The summed E-state index contributed by atoms with van der Waals surface area (Å²) in [6, 6.07) is 4.10. The molecule has 0 spiro atoms. The molecule has 2 heterocycles. The molecule has 2 N–H and O–H groups in total. The van der Waals surface area contributed by atoms with E-state index in [-0.39, 0.29) is 0 Å². The molecule has 0 aliphatic heterocycles. The third-order valence-electron chi connectivity index (χ3n) is 2.13. The van der Waals surface area contributed by atoms with Gasteiger partial charge < -0.3 is 5.73 Å². The van der Waals surface area contributed by atoms with E-state index in [1.807, 2.05) is 24.3 Å². The second-order valence-electron chi connectivity index (χ2n) is 3.06. The summed E-state index contributed by atoms with van der Waals surface area (Å²) in [6.07, 6.45) is 0. The average Bonchev–Trinajstić information content (AvgIpc) is 2.38. The van der Waals surface area contributed by atoms with E-state index in [1.54, 1.807) is 0 Å². The number of nitrogens with zero attached hydrogens (tertiary/aromatic N) is 2. The quantitative estimate of drug-likeness (QED) is 0.754. The van der Waals surface area contributed by atoms with Gasteiger partial charge in [0.15, 0.2) is 5.65 Å². The van der Waals surface area contributed by atoms with Gasteiger partial charge in [-0.3, -0.25) is 4.40 Å². The molecule has 0 fully saturated rings. The lowest BCUT2D eigenvalue weighted by molar-refractivity contribution is 1.09. The molecule has 2 aromatic heterocycles. The van der Waals surface area contributed by atoms with Gasteiger partial charge in [0.2, 0.25) is 0 Å². The van der Waals surface area contributed by atoms with Gasteiger partial charge in [0.05, 0.1) is 9.26 Å². The zero-order valence-electron chi connectivity index (χ0n) is 7.50. The van der Waals surface area contributed by atoms with Gasteiger partial charge in [-0.1, -0.05) is 0 Å². The van der Waals surface area contributed by atoms with Gasteiger partial charge >= 0.3 is 0 Å². The highest BCUT2D eigenvalue weighted by Crippen LogP contribution is 2.20. The number of rotatable bonds is 0. The lowest BCUT2D eigenvalue weighted by Crippen LogP contribution is -1.98. The molecule has 0 bridgehead atoms. The van der Waals surface area contributed by atoms with Gasteiger partial charge in [-0.05, 0) is 48.6 Å². The summed E-state index contributed by atoms with van der Waals surface area (Å²) in [5.74, 6) is 0.742. The number of nitrogens with two attached hydrogens (primary N) is 1. The molecule has 0 saturated heterocycles. The van der Waals surface area contributed by atoms with E-state index in [0.717, 1.165) is 26.4 Å². The summed E-state index contributed by atoms with van der Waals surface area (Å²) >= 11 is 2.27. The van der Waals surface area contributed by atoms with Crippen LogP contribution >= 0.6 is 22.6 Å². The number of imidazole rings is 1. The number of halogens is 1. The van der Waals surface area contributed by atoms with Crippen LogP contribution in [-0.4, -0.2) is 9.38 Å². The molecule has 2 rings (SSSR count). The van der Waals surface area contributed by atoms with Crippen LogP contribution in [0.4, 0.5) is 5.82 Å². The van der Waals surface area contributed by atoms with E-state index < -0.39 is 0 Å². The van der Waals surface area contributed by atoms with E-state index in [9.17, 15) is 0 Å². The lowest BCUT2D eigenvalue weighted by Gasteiger charge is -2.02. The smallest absolute Gasteiger partial charge is 0.152 e. The van der Waals surface area contributed by atoms with Crippen molar-refractivity contribution in [1.82, 2.24) is 9.38 Å².